The lowest BCUT2D eigenvalue weighted by molar-refractivity contribution is 0.195. The molecule has 17 heavy (non-hydrogen) atoms. The predicted octanol–water partition coefficient (Wildman–Crippen LogP) is 2.20. The molecular weight excluding hydrogens is 216 g/mol. The lowest BCUT2D eigenvalue weighted by Gasteiger charge is -2.10. The minimum Gasteiger partial charge on any atom is -0.496 e. The summed E-state index contributed by atoms with van der Waals surface area (Å²) < 4.78 is 10.4. The summed E-state index contributed by atoms with van der Waals surface area (Å²) in [5, 5.41) is 8.83. The predicted molar refractivity (Wildman–Crippen MR) is 68.6 cm³/mol. The van der Waals surface area contributed by atoms with Crippen LogP contribution in [0.25, 0.3) is 0 Å². The first-order chi connectivity index (χ1) is 8.31. The maximum atomic E-state index is 8.83. The van der Waals surface area contributed by atoms with Gasteiger partial charge in [0, 0.05) is 20.3 Å². The second kappa shape index (κ2) is 8.09. The largest absolute Gasteiger partial charge is 0.496 e. The zero-order valence-electron chi connectivity index (χ0n) is 10.7. The van der Waals surface area contributed by atoms with Crippen LogP contribution in [0.3, 0.4) is 0 Å². The van der Waals surface area contributed by atoms with E-state index in [0.717, 1.165) is 43.6 Å². The minimum atomic E-state index is 0.221. The Morgan fingerprint density at radius 2 is 1.94 bits per heavy atom. The van der Waals surface area contributed by atoms with E-state index in [1.165, 1.54) is 5.56 Å². The molecule has 3 nitrogen and oxygen atoms in total. The first-order valence-electron chi connectivity index (χ1n) is 6.07. The Morgan fingerprint density at radius 1 is 1.12 bits per heavy atom. The molecule has 0 saturated heterocycles. The highest BCUT2D eigenvalue weighted by Crippen LogP contribution is 2.22. The summed E-state index contributed by atoms with van der Waals surface area (Å²) in [7, 11) is 3.41. The highest BCUT2D eigenvalue weighted by Gasteiger charge is 2.04. The number of methoxy groups -OCH3 is 2. The normalized spacial score (nSPS) is 10.5. The van der Waals surface area contributed by atoms with Crippen LogP contribution in [0.5, 0.6) is 5.75 Å². The quantitative estimate of drug-likeness (QED) is 0.706. The SMILES string of the molecule is COCCCc1ccc(CCCO)c(OC)c1. The van der Waals surface area contributed by atoms with Gasteiger partial charge in [0.15, 0.2) is 0 Å². The fraction of sp³-hybridized carbons (Fsp3) is 0.571. The van der Waals surface area contributed by atoms with Crippen molar-refractivity contribution < 1.29 is 14.6 Å². The number of aliphatic hydroxyl groups is 1. The van der Waals surface area contributed by atoms with Crippen LogP contribution in [-0.2, 0) is 17.6 Å². The molecule has 0 aromatic heterocycles. The molecule has 96 valence electrons. The Morgan fingerprint density at radius 3 is 2.59 bits per heavy atom. The van der Waals surface area contributed by atoms with Crippen LogP contribution < -0.4 is 4.74 Å². The van der Waals surface area contributed by atoms with Gasteiger partial charge in [-0.3, -0.25) is 0 Å². The Balaban J connectivity index is 2.63. The van der Waals surface area contributed by atoms with Gasteiger partial charge in [-0.15, -0.1) is 0 Å². The van der Waals surface area contributed by atoms with E-state index >= 15 is 0 Å². The van der Waals surface area contributed by atoms with E-state index in [1.807, 2.05) is 0 Å². The third-order valence-electron chi connectivity index (χ3n) is 2.77. The summed E-state index contributed by atoms with van der Waals surface area (Å²) >= 11 is 0. The van der Waals surface area contributed by atoms with Crippen LogP contribution in [-0.4, -0.2) is 32.5 Å². The maximum Gasteiger partial charge on any atom is 0.122 e. The van der Waals surface area contributed by atoms with Crippen molar-refractivity contribution in [1.29, 1.82) is 0 Å². The van der Waals surface area contributed by atoms with Crippen molar-refractivity contribution in [1.82, 2.24) is 0 Å². The highest BCUT2D eigenvalue weighted by molar-refractivity contribution is 5.37. The van der Waals surface area contributed by atoms with Gasteiger partial charge in [-0.1, -0.05) is 12.1 Å². The van der Waals surface area contributed by atoms with Gasteiger partial charge in [-0.25, -0.2) is 0 Å². The molecule has 0 amide bonds. The van der Waals surface area contributed by atoms with Gasteiger partial charge in [0.2, 0.25) is 0 Å². The number of hydrogen-bond acceptors (Lipinski definition) is 3. The lowest BCUT2D eigenvalue weighted by atomic mass is 10.0. The Hall–Kier alpha value is -1.06. The molecule has 0 saturated carbocycles. The van der Waals surface area contributed by atoms with E-state index in [0.29, 0.717) is 0 Å². The molecule has 1 rings (SSSR count). The first-order valence-corrected chi connectivity index (χ1v) is 6.07. The molecule has 0 unspecified atom stereocenters. The minimum absolute atomic E-state index is 0.221. The van der Waals surface area contributed by atoms with Gasteiger partial charge >= 0.3 is 0 Å². The second-order valence-corrected chi connectivity index (χ2v) is 4.07. The van der Waals surface area contributed by atoms with Crippen molar-refractivity contribution in [2.24, 2.45) is 0 Å². The van der Waals surface area contributed by atoms with E-state index in [1.54, 1.807) is 14.2 Å². The van der Waals surface area contributed by atoms with Crippen molar-refractivity contribution in [3.05, 3.63) is 29.3 Å². The topological polar surface area (TPSA) is 38.7 Å². The van der Waals surface area contributed by atoms with Gasteiger partial charge in [-0.2, -0.15) is 0 Å². The molecule has 0 aliphatic rings. The second-order valence-electron chi connectivity index (χ2n) is 4.07. The van der Waals surface area contributed by atoms with Gasteiger partial charge < -0.3 is 14.6 Å². The molecular formula is C14H22O3. The summed E-state index contributed by atoms with van der Waals surface area (Å²) in [4.78, 5) is 0. The van der Waals surface area contributed by atoms with Crippen molar-refractivity contribution in [2.75, 3.05) is 27.4 Å². The maximum absolute atomic E-state index is 8.83. The first kappa shape index (κ1) is 14.0. The lowest BCUT2D eigenvalue weighted by Crippen LogP contribution is -1.97. The van der Waals surface area contributed by atoms with Crippen molar-refractivity contribution in [3.8, 4) is 5.75 Å². The number of ether oxygens (including phenoxy) is 2. The van der Waals surface area contributed by atoms with Gasteiger partial charge in [-0.05, 0) is 42.9 Å². The third-order valence-corrected chi connectivity index (χ3v) is 2.77. The van der Waals surface area contributed by atoms with E-state index in [9.17, 15) is 0 Å². The molecule has 1 aromatic rings. The molecule has 0 aliphatic heterocycles. The Kier molecular flexibility index (Phi) is 6.67. The van der Waals surface area contributed by atoms with Crippen LogP contribution in [0.15, 0.2) is 18.2 Å². The summed E-state index contributed by atoms with van der Waals surface area (Å²) in [6, 6.07) is 6.31. The number of hydrogen-bond donors (Lipinski definition) is 1. The van der Waals surface area contributed by atoms with Crippen molar-refractivity contribution >= 4 is 0 Å². The summed E-state index contributed by atoms with van der Waals surface area (Å²) in [5.41, 5.74) is 2.43. The van der Waals surface area contributed by atoms with E-state index < -0.39 is 0 Å². The van der Waals surface area contributed by atoms with Gasteiger partial charge in [0.1, 0.15) is 5.75 Å². The fourth-order valence-corrected chi connectivity index (χ4v) is 1.84. The average molecular weight is 238 g/mol. The van der Waals surface area contributed by atoms with E-state index in [2.05, 4.69) is 18.2 Å². The standard InChI is InChI=1S/C14H22O3/c1-16-10-4-5-12-7-8-13(6-3-9-15)14(11-12)17-2/h7-8,11,15H,3-6,9-10H2,1-2H3. The van der Waals surface area contributed by atoms with Gasteiger partial charge in [0.05, 0.1) is 7.11 Å². The van der Waals surface area contributed by atoms with E-state index in [4.69, 9.17) is 14.6 Å². The monoisotopic (exact) mass is 238 g/mol. The van der Waals surface area contributed by atoms with E-state index in [-0.39, 0.29) is 6.61 Å². The van der Waals surface area contributed by atoms with Crippen LogP contribution in [0.2, 0.25) is 0 Å². The number of aliphatic hydroxyl groups excluding tert-OH is 1. The average Bonchev–Trinajstić information content (AvgIpc) is 2.37. The number of rotatable bonds is 8. The van der Waals surface area contributed by atoms with Crippen LogP contribution in [0.4, 0.5) is 0 Å². The summed E-state index contributed by atoms with van der Waals surface area (Å²) in [6.45, 7) is 1.01. The molecule has 0 heterocycles. The van der Waals surface area contributed by atoms with Crippen LogP contribution in [0.1, 0.15) is 24.0 Å². The molecule has 0 radical (unpaired) electrons. The van der Waals surface area contributed by atoms with Crippen molar-refractivity contribution in [2.45, 2.75) is 25.7 Å². The third kappa shape index (κ3) is 4.75. The number of benzene rings is 1. The van der Waals surface area contributed by atoms with Gasteiger partial charge in [0.25, 0.3) is 0 Å². The molecule has 0 spiro atoms. The zero-order chi connectivity index (χ0) is 12.5. The molecule has 1 aromatic carbocycles. The summed E-state index contributed by atoms with van der Waals surface area (Å²) in [6.07, 6.45) is 3.66. The molecule has 0 fully saturated rings. The zero-order valence-corrected chi connectivity index (χ0v) is 10.7. The molecule has 1 N–H and O–H groups in total. The molecule has 0 aliphatic carbocycles. The molecule has 0 bridgehead atoms. The Bertz CT molecular complexity index is 323. The molecule has 3 heteroatoms. The van der Waals surface area contributed by atoms with Crippen molar-refractivity contribution in [3.63, 3.8) is 0 Å². The highest BCUT2D eigenvalue weighted by atomic mass is 16.5. The van der Waals surface area contributed by atoms with Crippen LogP contribution in [0, 0.1) is 0 Å². The summed E-state index contributed by atoms with van der Waals surface area (Å²) in [5.74, 6) is 0.924. The van der Waals surface area contributed by atoms with Crippen LogP contribution >= 0.6 is 0 Å². The smallest absolute Gasteiger partial charge is 0.122 e. The fourth-order valence-electron chi connectivity index (χ4n) is 1.84. The number of aryl methyl sites for hydroxylation is 2. The Labute approximate surface area is 103 Å². The molecule has 0 atom stereocenters.